The maximum atomic E-state index is 4.25. The summed E-state index contributed by atoms with van der Waals surface area (Å²) in [6, 6.07) is 4.46. The van der Waals surface area contributed by atoms with Crippen LogP contribution >= 0.6 is 0 Å². The van der Waals surface area contributed by atoms with E-state index >= 15 is 0 Å². The molecule has 1 unspecified atom stereocenters. The molecule has 11 heavy (non-hydrogen) atoms. The van der Waals surface area contributed by atoms with Crippen LogP contribution in [-0.2, 0) is 0 Å². The van der Waals surface area contributed by atoms with Gasteiger partial charge in [-0.3, -0.25) is 5.01 Å². The van der Waals surface area contributed by atoms with Crippen LogP contribution in [0.2, 0.25) is 0 Å². The quantitative estimate of drug-likeness (QED) is 0.598. The fourth-order valence-electron chi connectivity index (χ4n) is 1.45. The Morgan fingerprint density at radius 2 is 2.45 bits per heavy atom. The lowest BCUT2D eigenvalue weighted by Gasteiger charge is -2.10. The second-order valence-corrected chi connectivity index (χ2v) is 2.83. The predicted octanol–water partition coefficient (Wildman–Crippen LogP) is 1.10. The minimum absolute atomic E-state index is 0.392. The van der Waals surface area contributed by atoms with Crippen LogP contribution in [0.1, 0.15) is 18.5 Å². The van der Waals surface area contributed by atoms with Gasteiger partial charge < -0.3 is 0 Å². The minimum Gasteiger partial charge on any atom is -0.294 e. The number of fused-ring (bicyclic) bond motifs is 1. The summed E-state index contributed by atoms with van der Waals surface area (Å²) < 4.78 is 0. The lowest BCUT2D eigenvalue weighted by molar-refractivity contribution is 0.615. The van der Waals surface area contributed by atoms with Crippen molar-refractivity contribution in [1.82, 2.24) is 10.4 Å². The predicted molar refractivity (Wildman–Crippen MR) is 44.2 cm³/mol. The highest BCUT2D eigenvalue weighted by molar-refractivity contribution is 5.50. The molecule has 0 aliphatic carbocycles. The Hall–Kier alpha value is -1.09. The average Bonchev–Trinajstić information content (AvgIpc) is 2.30. The zero-order valence-electron chi connectivity index (χ0n) is 6.70. The van der Waals surface area contributed by atoms with E-state index in [1.54, 1.807) is 0 Å². The van der Waals surface area contributed by atoms with Gasteiger partial charge in [-0.1, -0.05) is 6.07 Å². The third-order valence-corrected chi connectivity index (χ3v) is 1.99. The molecule has 0 saturated heterocycles. The van der Waals surface area contributed by atoms with Crippen LogP contribution in [0.4, 0.5) is 5.82 Å². The molecule has 0 fully saturated rings. The van der Waals surface area contributed by atoms with E-state index < -0.39 is 0 Å². The first-order valence-electron chi connectivity index (χ1n) is 3.74. The number of hydrazine groups is 1. The molecule has 1 N–H and O–H groups in total. The Balaban J connectivity index is 2.52. The monoisotopic (exact) mass is 149 g/mol. The van der Waals surface area contributed by atoms with Gasteiger partial charge in [0.15, 0.2) is 0 Å². The fourth-order valence-corrected chi connectivity index (χ4v) is 1.45. The molecular weight excluding hydrogens is 138 g/mol. The number of hydrogen-bond donors (Lipinski definition) is 1. The molecule has 1 aliphatic heterocycles. The molecule has 0 saturated carbocycles. The third kappa shape index (κ3) is 0.886. The van der Waals surface area contributed by atoms with Gasteiger partial charge in [0.05, 0.1) is 6.04 Å². The molecule has 0 aromatic carbocycles. The number of hydrogen-bond acceptors (Lipinski definition) is 3. The van der Waals surface area contributed by atoms with Crippen LogP contribution < -0.4 is 10.4 Å². The standard InChI is InChI=1S/C8H11N3/c1-6-7-4-3-5-9-8(7)11(2)10-6/h3-6,10H,1-2H3. The Labute approximate surface area is 66.0 Å². The number of nitrogens with one attached hydrogen (secondary N) is 1. The van der Waals surface area contributed by atoms with E-state index in [1.165, 1.54) is 5.56 Å². The van der Waals surface area contributed by atoms with Crippen molar-refractivity contribution in [2.45, 2.75) is 13.0 Å². The summed E-state index contributed by atoms with van der Waals surface area (Å²) in [4.78, 5) is 4.25. The van der Waals surface area contributed by atoms with Gasteiger partial charge in [0.25, 0.3) is 0 Å². The van der Waals surface area contributed by atoms with Crippen LogP contribution in [0.15, 0.2) is 18.3 Å². The van der Waals surface area contributed by atoms with Gasteiger partial charge >= 0.3 is 0 Å². The first-order chi connectivity index (χ1) is 5.29. The van der Waals surface area contributed by atoms with Gasteiger partial charge in [-0.2, -0.15) is 0 Å². The van der Waals surface area contributed by atoms with E-state index in [2.05, 4.69) is 23.4 Å². The molecule has 0 spiro atoms. The molecule has 2 heterocycles. The van der Waals surface area contributed by atoms with Crippen molar-refractivity contribution < 1.29 is 0 Å². The Morgan fingerprint density at radius 1 is 1.64 bits per heavy atom. The number of pyridine rings is 1. The smallest absolute Gasteiger partial charge is 0.147 e. The number of nitrogens with zero attached hydrogens (tertiary/aromatic N) is 2. The Kier molecular flexibility index (Phi) is 1.32. The topological polar surface area (TPSA) is 28.2 Å². The maximum absolute atomic E-state index is 4.25. The van der Waals surface area contributed by atoms with Gasteiger partial charge in [-0.15, -0.1) is 0 Å². The van der Waals surface area contributed by atoms with Crippen molar-refractivity contribution in [3.63, 3.8) is 0 Å². The lowest BCUT2D eigenvalue weighted by atomic mass is 10.1. The molecule has 0 bridgehead atoms. The first kappa shape index (κ1) is 6.61. The van der Waals surface area contributed by atoms with Crippen LogP contribution in [0.5, 0.6) is 0 Å². The SMILES string of the molecule is CC1NN(C)c2ncccc21. The molecule has 0 radical (unpaired) electrons. The summed E-state index contributed by atoms with van der Waals surface area (Å²) >= 11 is 0. The van der Waals surface area contributed by atoms with E-state index in [-0.39, 0.29) is 0 Å². The van der Waals surface area contributed by atoms with Gasteiger partial charge in [-0.25, -0.2) is 10.4 Å². The molecule has 0 amide bonds. The first-order valence-corrected chi connectivity index (χ1v) is 3.74. The molecule has 1 aromatic rings. The second-order valence-electron chi connectivity index (χ2n) is 2.83. The Morgan fingerprint density at radius 3 is 3.18 bits per heavy atom. The molecule has 1 atom stereocenters. The number of aromatic nitrogens is 1. The van der Waals surface area contributed by atoms with Gasteiger partial charge in [-0.05, 0) is 13.0 Å². The highest BCUT2D eigenvalue weighted by Crippen LogP contribution is 2.27. The molecule has 1 aromatic heterocycles. The highest BCUT2D eigenvalue weighted by atomic mass is 15.5. The van der Waals surface area contributed by atoms with Gasteiger partial charge in [0.2, 0.25) is 0 Å². The van der Waals surface area contributed by atoms with Crippen LogP contribution in [0.25, 0.3) is 0 Å². The molecule has 58 valence electrons. The van der Waals surface area contributed by atoms with E-state index in [9.17, 15) is 0 Å². The van der Waals surface area contributed by atoms with Crippen molar-refractivity contribution in [2.24, 2.45) is 0 Å². The van der Waals surface area contributed by atoms with Crippen molar-refractivity contribution >= 4 is 5.82 Å². The Bertz CT molecular complexity index is 245. The van der Waals surface area contributed by atoms with E-state index in [0.717, 1.165) is 5.82 Å². The van der Waals surface area contributed by atoms with Gasteiger partial charge in [0, 0.05) is 18.8 Å². The van der Waals surface area contributed by atoms with Crippen molar-refractivity contribution in [1.29, 1.82) is 0 Å². The summed E-state index contributed by atoms with van der Waals surface area (Å²) in [7, 11) is 1.98. The van der Waals surface area contributed by atoms with E-state index in [0.29, 0.717) is 6.04 Å². The van der Waals surface area contributed by atoms with Crippen molar-refractivity contribution in [2.75, 3.05) is 12.1 Å². The van der Waals surface area contributed by atoms with E-state index in [1.807, 2.05) is 24.3 Å². The maximum Gasteiger partial charge on any atom is 0.147 e. The molecule has 3 heteroatoms. The normalized spacial score (nSPS) is 22.0. The zero-order chi connectivity index (χ0) is 7.84. The third-order valence-electron chi connectivity index (χ3n) is 1.99. The van der Waals surface area contributed by atoms with Crippen molar-refractivity contribution in [3.8, 4) is 0 Å². The number of rotatable bonds is 0. The lowest BCUT2D eigenvalue weighted by Crippen LogP contribution is -2.29. The summed E-state index contributed by atoms with van der Waals surface area (Å²) in [5.41, 5.74) is 4.53. The van der Waals surface area contributed by atoms with Crippen LogP contribution in [0, 0.1) is 0 Å². The highest BCUT2D eigenvalue weighted by Gasteiger charge is 2.22. The molecular formula is C8H11N3. The van der Waals surface area contributed by atoms with Crippen molar-refractivity contribution in [3.05, 3.63) is 23.9 Å². The van der Waals surface area contributed by atoms with E-state index in [4.69, 9.17) is 0 Å². The fraction of sp³-hybridized carbons (Fsp3) is 0.375. The summed E-state index contributed by atoms with van der Waals surface area (Å²) in [5, 5.41) is 1.96. The summed E-state index contributed by atoms with van der Waals surface area (Å²) in [6.45, 7) is 2.13. The minimum atomic E-state index is 0.392. The summed E-state index contributed by atoms with van der Waals surface area (Å²) in [5.74, 6) is 1.04. The molecule has 1 aliphatic rings. The molecule has 2 rings (SSSR count). The average molecular weight is 149 g/mol. The van der Waals surface area contributed by atoms with Crippen LogP contribution in [-0.4, -0.2) is 12.0 Å². The summed E-state index contributed by atoms with van der Waals surface area (Å²) in [6.07, 6.45) is 1.81. The zero-order valence-corrected chi connectivity index (χ0v) is 6.70. The van der Waals surface area contributed by atoms with Gasteiger partial charge in [0.1, 0.15) is 5.82 Å². The largest absolute Gasteiger partial charge is 0.294 e. The second kappa shape index (κ2) is 2.20. The van der Waals surface area contributed by atoms with Crippen LogP contribution in [0.3, 0.4) is 0 Å². The molecule has 3 nitrogen and oxygen atoms in total. The number of anilines is 1.